The number of hydrogen-bond acceptors (Lipinski definition) is 13. The van der Waals surface area contributed by atoms with Crippen LogP contribution in [0.2, 0.25) is 4.34 Å². The van der Waals surface area contributed by atoms with E-state index in [4.69, 9.17) is 33.3 Å². The number of rotatable bonds is 12. The number of oxime groups is 1. The van der Waals surface area contributed by atoms with Crippen LogP contribution in [0.15, 0.2) is 52.5 Å². The van der Waals surface area contributed by atoms with Crippen LogP contribution in [0.5, 0.6) is 0 Å². The van der Waals surface area contributed by atoms with E-state index in [-0.39, 0.29) is 39.0 Å². The fraction of sp³-hybridized carbons (Fsp3) is 0.286. The Morgan fingerprint density at radius 3 is 2.73 bits per heavy atom. The first kappa shape index (κ1) is 34.0. The molecule has 6 heterocycles. The molecule has 0 aliphatic carbocycles. The second-order valence-corrected chi connectivity index (χ2v) is 15.1. The molecule has 6 rings (SSSR count). The number of carboxylic acid groups (broad SMARTS) is 2. The fourth-order valence-corrected chi connectivity index (χ4v) is 8.28. The van der Waals surface area contributed by atoms with Gasteiger partial charge < -0.3 is 41.2 Å². The van der Waals surface area contributed by atoms with Crippen LogP contribution in [0.4, 0.5) is 5.13 Å². The summed E-state index contributed by atoms with van der Waals surface area (Å²) >= 11 is 9.79. The van der Waals surface area contributed by atoms with Gasteiger partial charge in [-0.1, -0.05) is 28.1 Å². The van der Waals surface area contributed by atoms with Crippen molar-refractivity contribution in [2.45, 2.75) is 44.0 Å². The second-order valence-electron chi connectivity index (χ2n) is 11.4. The van der Waals surface area contributed by atoms with Gasteiger partial charge in [-0.2, -0.15) is 0 Å². The van der Waals surface area contributed by atoms with Gasteiger partial charge in [0.15, 0.2) is 29.2 Å². The minimum Gasteiger partial charge on any atom is -0.543 e. The molecule has 21 heteroatoms. The van der Waals surface area contributed by atoms with Gasteiger partial charge in [0.25, 0.3) is 11.8 Å². The lowest BCUT2D eigenvalue weighted by Crippen LogP contribution is -2.71. The van der Waals surface area contributed by atoms with Gasteiger partial charge in [0.2, 0.25) is 5.60 Å². The van der Waals surface area contributed by atoms with Gasteiger partial charge in [-0.25, -0.2) is 9.78 Å². The molecule has 0 radical (unpaired) electrons. The van der Waals surface area contributed by atoms with Gasteiger partial charge in [0.1, 0.15) is 27.3 Å². The second kappa shape index (κ2) is 12.8. The van der Waals surface area contributed by atoms with E-state index in [1.54, 1.807) is 10.9 Å². The summed E-state index contributed by atoms with van der Waals surface area (Å²) in [6.07, 6.45) is 5.50. The number of nitrogen functional groups attached to an aromatic ring is 2. The van der Waals surface area contributed by atoms with Gasteiger partial charge in [0, 0.05) is 33.3 Å². The number of fused-ring (bicyclic) bond motifs is 2. The number of thioether (sulfide) groups is 1. The molecule has 2 aliphatic heterocycles. The number of amidine groups is 1. The number of thiazole rings is 1. The molecule has 2 amide bonds. The highest BCUT2D eigenvalue weighted by Gasteiger charge is 2.53. The van der Waals surface area contributed by atoms with Crippen LogP contribution in [-0.4, -0.2) is 82.1 Å². The minimum absolute atomic E-state index is 0.00320. The summed E-state index contributed by atoms with van der Waals surface area (Å²) in [7, 11) is 0. The Balaban J connectivity index is 1.21. The van der Waals surface area contributed by atoms with E-state index in [9.17, 15) is 29.4 Å². The summed E-state index contributed by atoms with van der Waals surface area (Å²) in [6, 6.07) is 2.57. The molecule has 1 fully saturated rings. The largest absolute Gasteiger partial charge is 0.543 e. The number of imidazole rings is 1. The first-order valence-corrected chi connectivity index (χ1v) is 17.4. The van der Waals surface area contributed by atoms with Gasteiger partial charge in [0.05, 0.1) is 30.5 Å². The van der Waals surface area contributed by atoms with Crippen LogP contribution in [0.25, 0.3) is 5.65 Å². The van der Waals surface area contributed by atoms with Crippen molar-refractivity contribution < 1.29 is 38.9 Å². The normalized spacial score (nSPS) is 18.0. The van der Waals surface area contributed by atoms with Crippen molar-refractivity contribution in [2.75, 3.05) is 11.5 Å². The zero-order valence-electron chi connectivity index (χ0n) is 25.6. The van der Waals surface area contributed by atoms with E-state index in [0.717, 1.165) is 26.8 Å². The number of nitrogens with one attached hydrogen (secondary N) is 2. The van der Waals surface area contributed by atoms with Crippen molar-refractivity contribution in [3.63, 3.8) is 0 Å². The Bertz CT molecular complexity index is 2110. The summed E-state index contributed by atoms with van der Waals surface area (Å²) < 4.78 is 5.62. The van der Waals surface area contributed by atoms with E-state index in [1.807, 2.05) is 39.0 Å². The van der Waals surface area contributed by atoms with E-state index < -0.39 is 46.5 Å². The summed E-state index contributed by atoms with van der Waals surface area (Å²) in [5.41, 5.74) is 10.4. The molecule has 7 N–H and O–H groups in total. The number of carbonyl (C=O) groups excluding carboxylic acids is 3. The number of aromatic nitrogens is 4. The summed E-state index contributed by atoms with van der Waals surface area (Å²) in [5, 5.41) is 36.7. The minimum atomic E-state index is -1.83. The van der Waals surface area contributed by atoms with Crippen LogP contribution < -0.4 is 26.6 Å². The van der Waals surface area contributed by atoms with E-state index in [2.05, 4.69) is 15.5 Å². The van der Waals surface area contributed by atoms with Gasteiger partial charge in [-0.05, 0) is 19.9 Å². The van der Waals surface area contributed by atoms with Crippen LogP contribution >= 0.6 is 46.0 Å². The quantitative estimate of drug-likeness (QED) is 0.0418. The van der Waals surface area contributed by atoms with Gasteiger partial charge in [-0.15, -0.1) is 32.3 Å². The van der Waals surface area contributed by atoms with Crippen LogP contribution in [0.3, 0.4) is 0 Å². The Labute approximate surface area is 293 Å². The van der Waals surface area contributed by atoms with E-state index in [0.29, 0.717) is 17.7 Å². The van der Waals surface area contributed by atoms with Crippen molar-refractivity contribution in [1.29, 1.82) is 5.41 Å². The average molecular weight is 747 g/mol. The molecular formula is C28H27ClN10O7S3. The monoisotopic (exact) mass is 746 g/mol. The molecule has 0 aromatic carbocycles. The Morgan fingerprint density at radius 1 is 1.35 bits per heavy atom. The molecule has 1 saturated heterocycles. The lowest BCUT2D eigenvalue weighted by Gasteiger charge is -2.50. The lowest BCUT2D eigenvalue weighted by molar-refractivity contribution is -0.753. The number of carboxylic acids is 2. The number of amides is 2. The molecule has 256 valence electrons. The van der Waals surface area contributed by atoms with Crippen LogP contribution in [0, 0.1) is 5.41 Å². The fourth-order valence-electron chi connectivity index (χ4n) is 5.13. The average Bonchev–Trinajstić information content (AvgIpc) is 3.83. The standard InChI is InChI=1S/C28H27ClN10O7S3/c1-28(2,26(44)45)46-35-17(16-20(29)49-27(32)34-16)22(40)33-18-23(41)39-19(25(42)43)13(11-48-24(18)39)8-37-4-3-15-36(5-6-38(15)37)9-14-7-12(10-47-14)21(30)31/h3-7,10,18,24H,8-9,11H2,1-2H3,(H7-,30,31,32,33,34,40,42,43,44,45)/b35-17-/t18-,24-/m1/s1. The van der Waals surface area contributed by atoms with Crippen LogP contribution in [-0.2, 0) is 37.1 Å². The zero-order valence-corrected chi connectivity index (χ0v) is 28.8. The maximum absolute atomic E-state index is 13.4. The molecule has 2 aliphatic rings. The molecule has 0 spiro atoms. The number of β-lactam (4-membered cyclic amide) rings is 1. The summed E-state index contributed by atoms with van der Waals surface area (Å²) in [4.78, 5) is 62.0. The zero-order chi connectivity index (χ0) is 35.4. The van der Waals surface area contributed by atoms with Gasteiger partial charge in [-0.3, -0.25) is 19.9 Å². The first-order chi connectivity index (χ1) is 23.2. The molecule has 4 aromatic rings. The van der Waals surface area contributed by atoms with E-state index >= 15 is 0 Å². The molecule has 2 atom stereocenters. The lowest BCUT2D eigenvalue weighted by atomic mass is 10.0. The third-order valence-electron chi connectivity index (χ3n) is 7.68. The highest BCUT2D eigenvalue weighted by Crippen LogP contribution is 2.40. The van der Waals surface area contributed by atoms with Crippen molar-refractivity contribution >= 4 is 92.1 Å². The number of nitrogens with two attached hydrogens (primary N) is 2. The molecule has 0 bridgehead atoms. The Hall–Kier alpha value is -4.92. The number of carbonyl (C=O) groups is 4. The SMILES string of the molecule is CC(C)(O/N=C(\C(=O)N[C@@H]1C(=O)N2C(C(=O)[O-])=C(C[n+]3ccc4n(Cc5cc(C(=N)N)cs5)ccn43)CS[C@H]12)c1nc(N)sc1Cl)C(=O)O. The van der Waals surface area contributed by atoms with Crippen molar-refractivity contribution in [2.24, 2.45) is 10.9 Å². The summed E-state index contributed by atoms with van der Waals surface area (Å²) in [6.45, 7) is 3.10. The maximum atomic E-state index is 13.4. The smallest absolute Gasteiger partial charge is 0.350 e. The highest BCUT2D eigenvalue weighted by molar-refractivity contribution is 8.00. The molecule has 49 heavy (non-hydrogen) atoms. The van der Waals surface area contributed by atoms with Crippen molar-refractivity contribution in [1.82, 2.24) is 24.3 Å². The molecule has 4 aromatic heterocycles. The number of aliphatic carboxylic acids is 2. The van der Waals surface area contributed by atoms with Crippen molar-refractivity contribution in [3.8, 4) is 0 Å². The van der Waals surface area contributed by atoms with Crippen molar-refractivity contribution in [3.05, 3.63) is 67.8 Å². The molecule has 17 nitrogen and oxygen atoms in total. The number of halogens is 1. The molecule has 0 unspecified atom stereocenters. The Morgan fingerprint density at radius 2 is 2.10 bits per heavy atom. The summed E-state index contributed by atoms with van der Waals surface area (Å²) in [5.74, 6) is -4.36. The number of nitrogens with zero attached hydrogens (tertiary/aromatic N) is 6. The number of anilines is 1. The van der Waals surface area contributed by atoms with E-state index in [1.165, 1.54) is 36.9 Å². The third kappa shape index (κ3) is 6.34. The molecular weight excluding hydrogens is 720 g/mol. The Kier molecular flexibility index (Phi) is 8.90. The number of hydrogen-bond donors (Lipinski definition) is 5. The van der Waals surface area contributed by atoms with Crippen LogP contribution in [0.1, 0.15) is 30.0 Å². The third-order valence-corrected chi connectivity index (χ3v) is 11.0. The first-order valence-electron chi connectivity index (χ1n) is 14.2. The topological polar surface area (TPSA) is 250 Å². The predicted octanol–water partition coefficient (Wildman–Crippen LogP) is -0.198. The van der Waals surface area contributed by atoms with Gasteiger partial charge >= 0.3 is 5.97 Å². The predicted molar refractivity (Wildman–Crippen MR) is 178 cm³/mol. The maximum Gasteiger partial charge on any atom is 0.350 e. The highest BCUT2D eigenvalue weighted by atomic mass is 35.5. The number of thiophene rings is 1. The molecule has 0 saturated carbocycles.